The van der Waals surface area contributed by atoms with Gasteiger partial charge in [0, 0.05) is 0 Å². The number of hydrogen-bond acceptors (Lipinski definition) is 5. The normalized spacial score (nSPS) is 8.44. The molecule has 5 nitrogen and oxygen atoms in total. The third-order valence-corrected chi connectivity index (χ3v) is 1.83. The third-order valence-electron chi connectivity index (χ3n) is 1.83. The Kier molecular flexibility index (Phi) is 4.36. The van der Waals surface area contributed by atoms with Crippen molar-refractivity contribution in [2.45, 2.75) is 13.1 Å². The summed E-state index contributed by atoms with van der Waals surface area (Å²) in [5, 5.41) is 8.77. The number of carbonyl (C=O) groups excluding carboxylic acids is 2. The highest BCUT2D eigenvalue weighted by atomic mass is 16.1. The second kappa shape index (κ2) is 6.05. The fourth-order valence-electron chi connectivity index (χ4n) is 1.26. The minimum Gasteiger partial charge on any atom is -0.211 e. The molecule has 0 radical (unpaired) electrons. The number of rotatable bonds is 4. The van der Waals surface area contributed by atoms with Gasteiger partial charge in [-0.3, -0.25) is 0 Å². The van der Waals surface area contributed by atoms with Crippen LogP contribution in [0.3, 0.4) is 0 Å². The SMILES string of the molecule is N#Cc1cc(CN=C=O)cc(CN=C=O)c1. The van der Waals surface area contributed by atoms with E-state index < -0.39 is 0 Å². The van der Waals surface area contributed by atoms with Crippen LogP contribution in [0.15, 0.2) is 28.2 Å². The summed E-state index contributed by atoms with van der Waals surface area (Å²) in [5.41, 5.74) is 1.85. The van der Waals surface area contributed by atoms with Crippen LogP contribution in [0.5, 0.6) is 0 Å². The number of isocyanates is 2. The third kappa shape index (κ3) is 3.32. The molecule has 0 heterocycles. The summed E-state index contributed by atoms with van der Waals surface area (Å²) < 4.78 is 0. The van der Waals surface area contributed by atoms with Crippen molar-refractivity contribution in [3.8, 4) is 6.07 Å². The molecule has 16 heavy (non-hydrogen) atoms. The zero-order chi connectivity index (χ0) is 11.8. The van der Waals surface area contributed by atoms with Crippen LogP contribution in [-0.4, -0.2) is 12.2 Å². The Morgan fingerprint density at radius 3 is 1.88 bits per heavy atom. The van der Waals surface area contributed by atoms with Crippen LogP contribution in [0.4, 0.5) is 0 Å². The van der Waals surface area contributed by atoms with Gasteiger partial charge in [-0.15, -0.1) is 0 Å². The van der Waals surface area contributed by atoms with Crippen LogP contribution < -0.4 is 0 Å². The highest BCUT2D eigenvalue weighted by Gasteiger charge is 2.00. The maximum Gasteiger partial charge on any atom is 0.235 e. The highest BCUT2D eigenvalue weighted by molar-refractivity contribution is 5.40. The summed E-state index contributed by atoms with van der Waals surface area (Å²) in [7, 11) is 0. The maximum atomic E-state index is 9.96. The number of nitriles is 1. The Morgan fingerprint density at radius 1 is 1.00 bits per heavy atom. The first-order valence-electron chi connectivity index (χ1n) is 4.40. The van der Waals surface area contributed by atoms with Crippen LogP contribution >= 0.6 is 0 Å². The van der Waals surface area contributed by atoms with E-state index in [0.29, 0.717) is 16.7 Å². The smallest absolute Gasteiger partial charge is 0.211 e. The van der Waals surface area contributed by atoms with Gasteiger partial charge < -0.3 is 0 Å². The molecule has 0 aromatic heterocycles. The number of aliphatic imine (C=N–C) groups is 2. The zero-order valence-electron chi connectivity index (χ0n) is 8.30. The molecule has 5 heteroatoms. The molecule has 1 rings (SSSR count). The lowest BCUT2D eigenvalue weighted by molar-refractivity contribution is 0.562. The van der Waals surface area contributed by atoms with Crippen molar-refractivity contribution in [3.63, 3.8) is 0 Å². The topological polar surface area (TPSA) is 82.7 Å². The molecular weight excluding hydrogens is 206 g/mol. The first-order chi connectivity index (χ1) is 7.80. The van der Waals surface area contributed by atoms with Gasteiger partial charge >= 0.3 is 0 Å². The van der Waals surface area contributed by atoms with Gasteiger partial charge in [0.15, 0.2) is 0 Å². The van der Waals surface area contributed by atoms with Gasteiger partial charge in [-0.25, -0.2) is 19.6 Å². The Labute approximate surface area is 91.8 Å². The largest absolute Gasteiger partial charge is 0.235 e. The van der Waals surface area contributed by atoms with Crippen molar-refractivity contribution in [3.05, 3.63) is 34.9 Å². The maximum absolute atomic E-state index is 9.96. The molecule has 0 N–H and O–H groups in total. The summed E-state index contributed by atoms with van der Waals surface area (Å²) >= 11 is 0. The fourth-order valence-corrected chi connectivity index (χ4v) is 1.26. The molecule has 0 aliphatic rings. The molecular formula is C11H7N3O2. The average molecular weight is 213 g/mol. The van der Waals surface area contributed by atoms with E-state index in [-0.39, 0.29) is 13.1 Å². The molecule has 0 unspecified atom stereocenters. The van der Waals surface area contributed by atoms with Crippen molar-refractivity contribution in [1.29, 1.82) is 5.26 Å². The van der Waals surface area contributed by atoms with Gasteiger partial charge in [0.1, 0.15) is 0 Å². The molecule has 0 fully saturated rings. The van der Waals surface area contributed by atoms with Crippen LogP contribution in [-0.2, 0) is 22.7 Å². The van der Waals surface area contributed by atoms with Crippen molar-refractivity contribution in [2.24, 2.45) is 9.98 Å². The molecule has 1 aromatic rings. The number of nitrogens with zero attached hydrogens (tertiary/aromatic N) is 3. The van der Waals surface area contributed by atoms with Crippen molar-refractivity contribution in [2.75, 3.05) is 0 Å². The summed E-state index contributed by atoms with van der Waals surface area (Å²) in [6.45, 7) is 0.327. The standard InChI is InChI=1S/C11H7N3O2/c12-4-9-1-10(5-13-7-15)3-11(2-9)6-14-8-16/h1-3H,5-6H2. The number of benzene rings is 1. The predicted molar refractivity (Wildman–Crippen MR) is 54.8 cm³/mol. The van der Waals surface area contributed by atoms with E-state index in [1.807, 2.05) is 6.07 Å². The van der Waals surface area contributed by atoms with E-state index in [4.69, 9.17) is 5.26 Å². The summed E-state index contributed by atoms with van der Waals surface area (Å²) in [4.78, 5) is 26.8. The Morgan fingerprint density at radius 2 is 1.50 bits per heavy atom. The first kappa shape index (κ1) is 11.5. The summed E-state index contributed by atoms with van der Waals surface area (Å²) in [6.07, 6.45) is 2.85. The van der Waals surface area contributed by atoms with E-state index in [1.165, 1.54) is 12.2 Å². The van der Waals surface area contributed by atoms with Gasteiger partial charge in [0.25, 0.3) is 0 Å². The number of hydrogen-bond donors (Lipinski definition) is 0. The summed E-state index contributed by atoms with van der Waals surface area (Å²) in [5.74, 6) is 0. The monoisotopic (exact) mass is 213 g/mol. The second-order valence-electron chi connectivity index (χ2n) is 2.97. The molecule has 0 saturated heterocycles. The molecule has 0 saturated carbocycles. The summed E-state index contributed by atoms with van der Waals surface area (Å²) in [6, 6.07) is 6.94. The van der Waals surface area contributed by atoms with Crippen molar-refractivity contribution < 1.29 is 9.59 Å². The quantitative estimate of drug-likeness (QED) is 0.557. The van der Waals surface area contributed by atoms with E-state index in [2.05, 4.69) is 9.98 Å². The van der Waals surface area contributed by atoms with Crippen molar-refractivity contribution in [1.82, 2.24) is 0 Å². The molecule has 0 amide bonds. The lowest BCUT2D eigenvalue weighted by Crippen LogP contribution is -1.89. The van der Waals surface area contributed by atoms with E-state index >= 15 is 0 Å². The predicted octanol–water partition coefficient (Wildman–Crippen LogP) is 1.23. The van der Waals surface area contributed by atoms with Crippen LogP contribution in [0.1, 0.15) is 16.7 Å². The molecule has 0 aliphatic carbocycles. The fraction of sp³-hybridized carbons (Fsp3) is 0.182. The van der Waals surface area contributed by atoms with Crippen molar-refractivity contribution >= 4 is 12.2 Å². The van der Waals surface area contributed by atoms with Gasteiger partial charge in [-0.05, 0) is 23.3 Å². The van der Waals surface area contributed by atoms with Crippen LogP contribution in [0, 0.1) is 11.3 Å². The lowest BCUT2D eigenvalue weighted by Gasteiger charge is -2.01. The lowest BCUT2D eigenvalue weighted by atomic mass is 10.1. The minimum atomic E-state index is 0.164. The van der Waals surface area contributed by atoms with Gasteiger partial charge in [-0.1, -0.05) is 6.07 Å². The van der Waals surface area contributed by atoms with Gasteiger partial charge in [-0.2, -0.15) is 5.26 Å². The zero-order valence-corrected chi connectivity index (χ0v) is 8.30. The van der Waals surface area contributed by atoms with E-state index in [9.17, 15) is 9.59 Å². The molecule has 78 valence electrons. The van der Waals surface area contributed by atoms with Crippen LogP contribution in [0.2, 0.25) is 0 Å². The van der Waals surface area contributed by atoms with Gasteiger partial charge in [0.05, 0.1) is 24.7 Å². The van der Waals surface area contributed by atoms with E-state index in [0.717, 1.165) is 0 Å². The molecule has 0 atom stereocenters. The van der Waals surface area contributed by atoms with Crippen LogP contribution in [0.25, 0.3) is 0 Å². The first-order valence-corrected chi connectivity index (χ1v) is 4.40. The Bertz CT molecular complexity index is 480. The molecule has 1 aromatic carbocycles. The van der Waals surface area contributed by atoms with E-state index in [1.54, 1.807) is 18.2 Å². The average Bonchev–Trinajstić information content (AvgIpc) is 2.33. The molecule has 0 spiro atoms. The minimum absolute atomic E-state index is 0.164. The molecule has 0 bridgehead atoms. The second-order valence-corrected chi connectivity index (χ2v) is 2.97. The Hall–Kier alpha value is -2.53. The van der Waals surface area contributed by atoms with Gasteiger partial charge in [0.2, 0.25) is 12.2 Å². The Balaban J connectivity index is 3.05. The highest BCUT2D eigenvalue weighted by Crippen LogP contribution is 2.11. The molecule has 0 aliphatic heterocycles.